The third-order valence-corrected chi connectivity index (χ3v) is 9.63. The van der Waals surface area contributed by atoms with Gasteiger partial charge in [-0.3, -0.25) is 0 Å². The Labute approximate surface area is 168 Å². The zero-order valence-electron chi connectivity index (χ0n) is 17.5. The van der Waals surface area contributed by atoms with Crippen LogP contribution in [0.2, 0.25) is 18.1 Å². The van der Waals surface area contributed by atoms with Crippen molar-refractivity contribution in [2.24, 2.45) is 5.73 Å². The van der Waals surface area contributed by atoms with E-state index in [1.165, 1.54) is 12.1 Å². The molecule has 28 heavy (non-hydrogen) atoms. The molecule has 0 spiro atoms. The molecule has 0 aromatic heterocycles. The van der Waals surface area contributed by atoms with Crippen LogP contribution in [0.25, 0.3) is 0 Å². The van der Waals surface area contributed by atoms with Crippen LogP contribution in [0.3, 0.4) is 0 Å². The summed E-state index contributed by atoms with van der Waals surface area (Å²) in [5.74, 6) is 1.14. The van der Waals surface area contributed by atoms with Crippen LogP contribution >= 0.6 is 0 Å². The summed E-state index contributed by atoms with van der Waals surface area (Å²) in [4.78, 5) is 0. The highest BCUT2D eigenvalue weighted by Gasteiger charge is 2.39. The van der Waals surface area contributed by atoms with Gasteiger partial charge in [0.15, 0.2) is 8.32 Å². The lowest BCUT2D eigenvalue weighted by Gasteiger charge is -2.38. The van der Waals surface area contributed by atoms with Crippen molar-refractivity contribution in [2.75, 3.05) is 13.2 Å². The van der Waals surface area contributed by atoms with Crippen LogP contribution in [0.1, 0.15) is 26.3 Å². The number of halogens is 1. The fourth-order valence-electron chi connectivity index (χ4n) is 2.33. The van der Waals surface area contributed by atoms with Crippen LogP contribution in [0.15, 0.2) is 48.5 Å². The second-order valence-corrected chi connectivity index (χ2v) is 13.2. The quantitative estimate of drug-likeness (QED) is 0.588. The van der Waals surface area contributed by atoms with Crippen molar-refractivity contribution in [3.63, 3.8) is 0 Å². The Balaban J connectivity index is 1.91. The van der Waals surface area contributed by atoms with E-state index in [1.54, 1.807) is 12.1 Å². The van der Waals surface area contributed by atoms with Crippen molar-refractivity contribution < 1.29 is 18.3 Å². The molecule has 1 atom stereocenters. The minimum absolute atomic E-state index is 0.120. The molecular formula is C22H32FNO3Si. The SMILES string of the molecule is CC(C)(C)[Si](C)(C)OC(CN)COc1cccc(OCc2ccc(F)cc2)c1. The zero-order valence-corrected chi connectivity index (χ0v) is 18.5. The van der Waals surface area contributed by atoms with Gasteiger partial charge in [-0.2, -0.15) is 0 Å². The Morgan fingerprint density at radius 1 is 1.00 bits per heavy atom. The molecule has 0 saturated carbocycles. The molecule has 0 bridgehead atoms. The Hall–Kier alpha value is -1.89. The molecular weight excluding hydrogens is 373 g/mol. The summed E-state index contributed by atoms with van der Waals surface area (Å²) in [5.41, 5.74) is 6.81. The number of ether oxygens (including phenoxy) is 2. The average molecular weight is 406 g/mol. The molecule has 0 fully saturated rings. The van der Waals surface area contributed by atoms with Crippen molar-refractivity contribution >= 4 is 8.32 Å². The molecule has 154 valence electrons. The molecule has 0 radical (unpaired) electrons. The van der Waals surface area contributed by atoms with Crippen molar-refractivity contribution in [3.05, 3.63) is 59.9 Å². The molecule has 2 N–H and O–H groups in total. The Bertz CT molecular complexity index is 744. The molecule has 6 heteroatoms. The van der Waals surface area contributed by atoms with Gasteiger partial charge < -0.3 is 19.6 Å². The van der Waals surface area contributed by atoms with E-state index in [1.807, 2.05) is 24.3 Å². The van der Waals surface area contributed by atoms with Crippen LogP contribution < -0.4 is 15.2 Å². The summed E-state index contributed by atoms with van der Waals surface area (Å²) >= 11 is 0. The lowest BCUT2D eigenvalue weighted by atomic mass is 10.2. The van der Waals surface area contributed by atoms with Crippen molar-refractivity contribution in [1.82, 2.24) is 0 Å². The van der Waals surface area contributed by atoms with E-state index >= 15 is 0 Å². The number of hydrogen-bond acceptors (Lipinski definition) is 4. The minimum atomic E-state index is -1.90. The zero-order chi connectivity index (χ0) is 20.8. The normalized spacial score (nSPS) is 13.2. The van der Waals surface area contributed by atoms with E-state index in [0.29, 0.717) is 31.3 Å². The van der Waals surface area contributed by atoms with Crippen molar-refractivity contribution in [3.8, 4) is 11.5 Å². The summed E-state index contributed by atoms with van der Waals surface area (Å²) in [5, 5.41) is 0.120. The number of benzene rings is 2. The fourth-order valence-corrected chi connectivity index (χ4v) is 3.69. The highest BCUT2D eigenvalue weighted by atomic mass is 28.4. The van der Waals surface area contributed by atoms with E-state index in [2.05, 4.69) is 33.9 Å². The average Bonchev–Trinajstić information content (AvgIpc) is 2.64. The predicted molar refractivity (Wildman–Crippen MR) is 114 cm³/mol. The maximum absolute atomic E-state index is 13.0. The summed E-state index contributed by atoms with van der Waals surface area (Å²) in [6, 6.07) is 13.7. The van der Waals surface area contributed by atoms with Crippen LogP contribution in [0.4, 0.5) is 4.39 Å². The smallest absolute Gasteiger partial charge is 0.192 e. The highest BCUT2D eigenvalue weighted by Crippen LogP contribution is 2.37. The summed E-state index contributed by atoms with van der Waals surface area (Å²) in [6.07, 6.45) is -0.148. The Morgan fingerprint density at radius 3 is 2.18 bits per heavy atom. The Morgan fingerprint density at radius 2 is 1.61 bits per heavy atom. The van der Waals surface area contributed by atoms with Crippen LogP contribution in [0, 0.1) is 5.82 Å². The molecule has 2 aromatic carbocycles. The lowest BCUT2D eigenvalue weighted by Crippen LogP contribution is -2.47. The standard InChI is InChI=1S/C22H32FNO3Si/c1-22(2,3)28(4,5)27-21(14-24)16-26-20-8-6-7-19(13-20)25-15-17-9-11-18(23)12-10-17/h6-13,21H,14-16,24H2,1-5H3. The van der Waals surface area contributed by atoms with Crippen LogP contribution in [-0.4, -0.2) is 27.6 Å². The first kappa shape index (κ1) is 22.4. The number of rotatable bonds is 9. The van der Waals surface area contributed by atoms with Gasteiger partial charge in [-0.1, -0.05) is 39.0 Å². The molecule has 0 aliphatic rings. The predicted octanol–water partition coefficient (Wildman–Crippen LogP) is 5.13. The molecule has 2 rings (SSSR count). The number of nitrogens with two attached hydrogens (primary N) is 1. The van der Waals surface area contributed by atoms with Crippen molar-refractivity contribution in [1.29, 1.82) is 0 Å². The van der Waals surface area contributed by atoms with Gasteiger partial charge in [0.25, 0.3) is 0 Å². The van der Waals surface area contributed by atoms with Gasteiger partial charge in [0.1, 0.15) is 30.5 Å². The largest absolute Gasteiger partial charge is 0.491 e. The molecule has 0 aliphatic heterocycles. The van der Waals surface area contributed by atoms with E-state index < -0.39 is 8.32 Å². The van der Waals surface area contributed by atoms with E-state index in [-0.39, 0.29) is 17.0 Å². The summed E-state index contributed by atoms with van der Waals surface area (Å²) in [6.45, 7) is 12.2. The second-order valence-electron chi connectivity index (χ2n) is 8.44. The monoisotopic (exact) mass is 405 g/mol. The molecule has 0 amide bonds. The second kappa shape index (κ2) is 9.54. The van der Waals surface area contributed by atoms with Crippen LogP contribution in [-0.2, 0) is 11.0 Å². The number of hydrogen-bond donors (Lipinski definition) is 1. The summed E-state index contributed by atoms with van der Waals surface area (Å²) < 4.78 is 31.0. The molecule has 0 aliphatic carbocycles. The molecule has 1 unspecified atom stereocenters. The maximum atomic E-state index is 13.0. The molecule has 0 heterocycles. The van der Waals surface area contributed by atoms with Gasteiger partial charge in [-0.15, -0.1) is 0 Å². The minimum Gasteiger partial charge on any atom is -0.491 e. The maximum Gasteiger partial charge on any atom is 0.192 e. The topological polar surface area (TPSA) is 53.7 Å². The van der Waals surface area contributed by atoms with E-state index in [4.69, 9.17) is 19.6 Å². The van der Waals surface area contributed by atoms with Gasteiger partial charge in [0.05, 0.1) is 6.10 Å². The highest BCUT2D eigenvalue weighted by molar-refractivity contribution is 6.74. The van der Waals surface area contributed by atoms with E-state index in [0.717, 1.165) is 5.56 Å². The van der Waals surface area contributed by atoms with Gasteiger partial charge in [-0.25, -0.2) is 4.39 Å². The van der Waals surface area contributed by atoms with Gasteiger partial charge >= 0.3 is 0 Å². The fraction of sp³-hybridized carbons (Fsp3) is 0.455. The third kappa shape index (κ3) is 6.62. The van der Waals surface area contributed by atoms with E-state index in [9.17, 15) is 4.39 Å². The molecule has 2 aromatic rings. The molecule has 0 saturated heterocycles. The lowest BCUT2D eigenvalue weighted by molar-refractivity contribution is 0.121. The van der Waals surface area contributed by atoms with Gasteiger partial charge in [-0.05, 0) is 48.0 Å². The first-order valence-corrected chi connectivity index (χ1v) is 12.5. The summed E-state index contributed by atoms with van der Waals surface area (Å²) in [7, 11) is -1.90. The first-order chi connectivity index (χ1) is 13.1. The first-order valence-electron chi connectivity index (χ1n) is 9.59. The molecule has 4 nitrogen and oxygen atoms in total. The van der Waals surface area contributed by atoms with Gasteiger partial charge in [0.2, 0.25) is 0 Å². The van der Waals surface area contributed by atoms with Crippen LogP contribution in [0.5, 0.6) is 11.5 Å². The third-order valence-electron chi connectivity index (χ3n) is 5.09. The van der Waals surface area contributed by atoms with Gasteiger partial charge in [0, 0.05) is 12.6 Å². The Kier molecular flexibility index (Phi) is 7.63. The van der Waals surface area contributed by atoms with Crippen molar-refractivity contribution in [2.45, 2.75) is 51.6 Å².